The Balaban J connectivity index is 1.35. The predicted octanol–water partition coefficient (Wildman–Crippen LogP) is 2.47. The van der Waals surface area contributed by atoms with E-state index < -0.39 is 18.1 Å². The molecule has 8 nitrogen and oxygen atoms in total. The number of fused-ring (bicyclic) bond motifs is 3. The van der Waals surface area contributed by atoms with Crippen LogP contribution in [-0.2, 0) is 19.1 Å². The molecular formula is C24H26N2O6. The number of likely N-dealkylation sites (tertiary alicyclic amines) is 1. The summed E-state index contributed by atoms with van der Waals surface area (Å²) in [5.74, 6) is -1.32. The molecule has 4 rings (SSSR count). The van der Waals surface area contributed by atoms with Gasteiger partial charge in [0.15, 0.2) is 0 Å². The van der Waals surface area contributed by atoms with Crippen molar-refractivity contribution in [2.45, 2.75) is 18.4 Å². The third-order valence-electron chi connectivity index (χ3n) is 6.00. The van der Waals surface area contributed by atoms with Crippen LogP contribution in [0.25, 0.3) is 11.1 Å². The molecule has 0 spiro atoms. The molecular weight excluding hydrogens is 412 g/mol. The molecule has 168 valence electrons. The van der Waals surface area contributed by atoms with Gasteiger partial charge in [0.1, 0.15) is 12.6 Å². The van der Waals surface area contributed by atoms with Gasteiger partial charge in [-0.05, 0) is 22.3 Å². The molecule has 1 unspecified atom stereocenters. The minimum Gasteiger partial charge on any atom is -0.481 e. The van der Waals surface area contributed by atoms with Crippen LogP contribution in [0.4, 0.5) is 4.79 Å². The highest BCUT2D eigenvalue weighted by Crippen LogP contribution is 2.44. The fourth-order valence-electron chi connectivity index (χ4n) is 4.47. The number of amides is 2. The second-order valence-electron chi connectivity index (χ2n) is 8.18. The zero-order chi connectivity index (χ0) is 22.7. The van der Waals surface area contributed by atoms with E-state index in [1.165, 1.54) is 12.0 Å². The van der Waals surface area contributed by atoms with Crippen molar-refractivity contribution in [3.05, 3.63) is 59.7 Å². The third kappa shape index (κ3) is 4.45. The molecule has 32 heavy (non-hydrogen) atoms. The van der Waals surface area contributed by atoms with Crippen molar-refractivity contribution >= 4 is 18.0 Å². The smallest absolute Gasteiger partial charge is 0.407 e. The first-order chi connectivity index (χ1) is 15.5. The molecule has 1 fully saturated rings. The Bertz CT molecular complexity index is 972. The van der Waals surface area contributed by atoms with E-state index in [1.54, 1.807) is 0 Å². The Morgan fingerprint density at radius 1 is 1.06 bits per heavy atom. The van der Waals surface area contributed by atoms with Crippen LogP contribution >= 0.6 is 0 Å². The Hall–Kier alpha value is -3.39. The molecule has 1 aliphatic carbocycles. The van der Waals surface area contributed by atoms with Crippen molar-refractivity contribution in [1.29, 1.82) is 0 Å². The normalized spacial score (nSPS) is 16.0. The fourth-order valence-corrected chi connectivity index (χ4v) is 4.47. The topological polar surface area (TPSA) is 105 Å². The number of carboxylic acids is 1. The first kappa shape index (κ1) is 21.8. The zero-order valence-electron chi connectivity index (χ0n) is 17.8. The summed E-state index contributed by atoms with van der Waals surface area (Å²) in [7, 11) is 1.45. The molecule has 2 aromatic rings. The molecule has 2 aliphatic rings. The number of hydrogen-bond donors (Lipinski definition) is 2. The number of carboxylic acid groups (broad SMARTS) is 1. The number of hydrogen-bond acceptors (Lipinski definition) is 5. The SMILES string of the molecule is COCC(NC(=O)OCC1c2ccccc2-c2ccccc21)C(=O)N1CC(CC(=O)O)C1. The van der Waals surface area contributed by atoms with Crippen LogP contribution in [0.2, 0.25) is 0 Å². The summed E-state index contributed by atoms with van der Waals surface area (Å²) in [6.45, 7) is 0.872. The van der Waals surface area contributed by atoms with Crippen LogP contribution in [0.1, 0.15) is 23.5 Å². The lowest BCUT2D eigenvalue weighted by atomic mass is 9.95. The zero-order valence-corrected chi connectivity index (χ0v) is 17.8. The third-order valence-corrected chi connectivity index (χ3v) is 6.00. The molecule has 2 amide bonds. The number of benzene rings is 2. The average molecular weight is 438 g/mol. The summed E-state index contributed by atoms with van der Waals surface area (Å²) >= 11 is 0. The van der Waals surface area contributed by atoms with Crippen molar-refractivity contribution in [3.8, 4) is 11.1 Å². The number of carbonyl (C=O) groups is 3. The maximum Gasteiger partial charge on any atom is 0.407 e. The van der Waals surface area contributed by atoms with Crippen molar-refractivity contribution in [2.24, 2.45) is 5.92 Å². The maximum atomic E-state index is 12.7. The van der Waals surface area contributed by atoms with Gasteiger partial charge in [-0.2, -0.15) is 0 Å². The maximum absolute atomic E-state index is 12.7. The summed E-state index contributed by atoms with van der Waals surface area (Å²) in [6, 6.07) is 15.2. The van der Waals surface area contributed by atoms with Gasteiger partial charge in [0.2, 0.25) is 5.91 Å². The van der Waals surface area contributed by atoms with E-state index in [4.69, 9.17) is 14.6 Å². The monoisotopic (exact) mass is 438 g/mol. The molecule has 0 aromatic heterocycles. The average Bonchev–Trinajstić information content (AvgIpc) is 3.07. The second kappa shape index (κ2) is 9.40. The quantitative estimate of drug-likeness (QED) is 0.656. The first-order valence-corrected chi connectivity index (χ1v) is 10.6. The van der Waals surface area contributed by atoms with E-state index in [-0.39, 0.29) is 37.4 Å². The van der Waals surface area contributed by atoms with Crippen LogP contribution < -0.4 is 5.32 Å². The van der Waals surface area contributed by atoms with Crippen LogP contribution in [-0.4, -0.2) is 67.4 Å². The van der Waals surface area contributed by atoms with Gasteiger partial charge in [-0.1, -0.05) is 48.5 Å². The lowest BCUT2D eigenvalue weighted by molar-refractivity contribution is -0.146. The Labute approximate surface area is 186 Å². The number of carbonyl (C=O) groups excluding carboxylic acids is 2. The largest absolute Gasteiger partial charge is 0.481 e. The van der Waals surface area contributed by atoms with Gasteiger partial charge >= 0.3 is 12.1 Å². The van der Waals surface area contributed by atoms with E-state index in [9.17, 15) is 14.4 Å². The second-order valence-corrected chi connectivity index (χ2v) is 8.18. The number of nitrogens with one attached hydrogen (secondary N) is 1. The molecule has 2 aromatic carbocycles. The summed E-state index contributed by atoms with van der Waals surface area (Å²) < 4.78 is 10.6. The molecule has 2 N–H and O–H groups in total. The molecule has 1 saturated heterocycles. The summed E-state index contributed by atoms with van der Waals surface area (Å²) in [5.41, 5.74) is 4.49. The molecule has 1 heterocycles. The highest BCUT2D eigenvalue weighted by Gasteiger charge is 2.36. The van der Waals surface area contributed by atoms with Gasteiger partial charge in [-0.25, -0.2) is 4.79 Å². The van der Waals surface area contributed by atoms with Crippen molar-refractivity contribution in [2.75, 3.05) is 33.4 Å². The summed E-state index contributed by atoms with van der Waals surface area (Å²) in [5, 5.41) is 11.5. The molecule has 1 atom stereocenters. The van der Waals surface area contributed by atoms with E-state index in [1.807, 2.05) is 36.4 Å². The Morgan fingerprint density at radius 2 is 1.66 bits per heavy atom. The molecule has 0 bridgehead atoms. The van der Waals surface area contributed by atoms with Crippen LogP contribution in [0.3, 0.4) is 0 Å². The van der Waals surface area contributed by atoms with Crippen LogP contribution in [0.15, 0.2) is 48.5 Å². The minimum absolute atomic E-state index is 0.00310. The molecule has 1 aliphatic heterocycles. The van der Waals surface area contributed by atoms with Crippen molar-refractivity contribution < 1.29 is 29.0 Å². The summed E-state index contributed by atoms with van der Waals surface area (Å²) in [4.78, 5) is 37.5. The van der Waals surface area contributed by atoms with E-state index in [0.29, 0.717) is 13.1 Å². The van der Waals surface area contributed by atoms with Gasteiger partial charge in [-0.15, -0.1) is 0 Å². The number of rotatable bonds is 8. The fraction of sp³-hybridized carbons (Fsp3) is 0.375. The number of alkyl carbamates (subject to hydrolysis) is 1. The predicted molar refractivity (Wildman–Crippen MR) is 116 cm³/mol. The lowest BCUT2D eigenvalue weighted by Gasteiger charge is -2.40. The standard InChI is InChI=1S/C24H26N2O6/c1-31-14-21(23(29)26-11-15(12-26)10-22(27)28)25-24(30)32-13-20-18-8-4-2-6-16(18)17-7-3-5-9-19(17)20/h2-9,15,20-21H,10-14H2,1H3,(H,25,30)(H,27,28). The lowest BCUT2D eigenvalue weighted by Crippen LogP contribution is -2.58. The highest BCUT2D eigenvalue weighted by atomic mass is 16.5. The van der Waals surface area contributed by atoms with Crippen LogP contribution in [0, 0.1) is 5.92 Å². The Kier molecular flexibility index (Phi) is 6.41. The minimum atomic E-state index is -0.888. The van der Waals surface area contributed by atoms with E-state index in [0.717, 1.165) is 22.3 Å². The van der Waals surface area contributed by atoms with Crippen molar-refractivity contribution in [3.63, 3.8) is 0 Å². The van der Waals surface area contributed by atoms with Gasteiger partial charge in [-0.3, -0.25) is 9.59 Å². The van der Waals surface area contributed by atoms with Gasteiger partial charge in [0.05, 0.1) is 13.0 Å². The molecule has 8 heteroatoms. The van der Waals surface area contributed by atoms with Gasteiger partial charge < -0.3 is 24.8 Å². The van der Waals surface area contributed by atoms with Gasteiger partial charge in [0, 0.05) is 32.0 Å². The molecule has 0 radical (unpaired) electrons. The number of ether oxygens (including phenoxy) is 2. The van der Waals surface area contributed by atoms with E-state index >= 15 is 0 Å². The highest BCUT2D eigenvalue weighted by molar-refractivity contribution is 5.86. The van der Waals surface area contributed by atoms with Crippen LogP contribution in [0.5, 0.6) is 0 Å². The first-order valence-electron chi connectivity index (χ1n) is 10.6. The number of methoxy groups -OCH3 is 1. The van der Waals surface area contributed by atoms with E-state index in [2.05, 4.69) is 17.4 Å². The number of nitrogens with zero attached hydrogens (tertiary/aromatic N) is 1. The van der Waals surface area contributed by atoms with Gasteiger partial charge in [0.25, 0.3) is 0 Å². The Morgan fingerprint density at radius 3 is 2.22 bits per heavy atom. The molecule has 0 saturated carbocycles. The number of aliphatic carboxylic acids is 1. The summed E-state index contributed by atoms with van der Waals surface area (Å²) in [6.07, 6.45) is -0.664. The van der Waals surface area contributed by atoms with Crippen molar-refractivity contribution in [1.82, 2.24) is 10.2 Å².